The number of methoxy groups -OCH3 is 1. The van der Waals surface area contributed by atoms with Crippen LogP contribution < -0.4 is 19.9 Å². The molecule has 148 valence electrons. The van der Waals surface area contributed by atoms with Gasteiger partial charge in [-0.2, -0.15) is 5.26 Å². The Bertz CT molecular complexity index is 942. The van der Waals surface area contributed by atoms with Crippen molar-refractivity contribution in [1.82, 2.24) is 15.1 Å². The number of hydrogen-bond donors (Lipinski definition) is 2. The maximum Gasteiger partial charge on any atom is 0.244 e. The highest BCUT2D eigenvalue weighted by Gasteiger charge is 2.34. The molecule has 0 saturated carbocycles. The van der Waals surface area contributed by atoms with Crippen LogP contribution in [-0.2, 0) is 0 Å². The van der Waals surface area contributed by atoms with Gasteiger partial charge in [0.1, 0.15) is 17.7 Å². The number of likely N-dealkylation sites (N-methyl/N-ethyl adjacent to an activating group) is 1. The van der Waals surface area contributed by atoms with Crippen LogP contribution in [-0.4, -0.2) is 49.0 Å². The molecule has 0 aliphatic carbocycles. The number of ether oxygens (including phenoxy) is 3. The third-order valence-corrected chi connectivity index (χ3v) is 4.60. The topological polar surface area (TPSA) is 109 Å². The molecule has 0 spiro atoms. The zero-order valence-corrected chi connectivity index (χ0v) is 16.7. The molecule has 3 rings (SSSR count). The van der Waals surface area contributed by atoms with Gasteiger partial charge in [0.25, 0.3) is 0 Å². The number of rotatable bonds is 6. The van der Waals surface area contributed by atoms with E-state index in [1.54, 1.807) is 7.11 Å². The Hall–Kier alpha value is -3.18. The van der Waals surface area contributed by atoms with Gasteiger partial charge in [-0.15, -0.1) is 5.10 Å². The summed E-state index contributed by atoms with van der Waals surface area (Å²) in [5.41, 5.74) is 8.77. The predicted octanol–water partition coefficient (Wildman–Crippen LogP) is 2.27. The molecule has 1 aromatic carbocycles. The minimum absolute atomic E-state index is 0.00855. The highest BCUT2D eigenvalue weighted by molar-refractivity contribution is 5.57. The van der Waals surface area contributed by atoms with E-state index in [0.717, 1.165) is 23.4 Å². The average molecular weight is 383 g/mol. The summed E-state index contributed by atoms with van der Waals surface area (Å²) in [4.78, 5) is 2.06. The van der Waals surface area contributed by atoms with Crippen LogP contribution in [0.15, 0.2) is 29.7 Å². The van der Waals surface area contributed by atoms with Gasteiger partial charge >= 0.3 is 0 Å². The number of nitrogens with two attached hydrogens (primary N) is 1. The summed E-state index contributed by atoms with van der Waals surface area (Å²) in [5.74, 6) is 1.29. The summed E-state index contributed by atoms with van der Waals surface area (Å²) in [6.45, 7) is 4.67. The normalized spacial score (nSPS) is 17.0. The number of fused-ring (bicyclic) bond motifs is 1. The van der Waals surface area contributed by atoms with Gasteiger partial charge in [0.05, 0.1) is 13.0 Å². The molecule has 2 atom stereocenters. The highest BCUT2D eigenvalue weighted by Crippen LogP contribution is 2.44. The molecule has 0 radical (unpaired) electrons. The van der Waals surface area contributed by atoms with Crippen molar-refractivity contribution in [2.75, 3.05) is 27.7 Å². The second kappa shape index (κ2) is 7.82. The second-order valence-corrected chi connectivity index (χ2v) is 7.09. The number of benzene rings is 1. The van der Waals surface area contributed by atoms with Gasteiger partial charge in [0, 0.05) is 17.8 Å². The fourth-order valence-corrected chi connectivity index (χ4v) is 3.46. The minimum atomic E-state index is -0.394. The summed E-state index contributed by atoms with van der Waals surface area (Å²) in [7, 11) is 5.59. The third-order valence-electron chi connectivity index (χ3n) is 4.60. The smallest absolute Gasteiger partial charge is 0.244 e. The van der Waals surface area contributed by atoms with Crippen molar-refractivity contribution in [3.05, 3.63) is 46.5 Å². The van der Waals surface area contributed by atoms with Gasteiger partial charge in [-0.25, -0.2) is 0 Å². The number of allylic oxidation sites excluding steroid dienone is 1. The van der Waals surface area contributed by atoms with E-state index in [1.807, 2.05) is 46.1 Å². The van der Waals surface area contributed by atoms with E-state index in [2.05, 4.69) is 21.2 Å². The third kappa shape index (κ3) is 3.62. The number of aryl methyl sites for hydroxylation is 1. The van der Waals surface area contributed by atoms with Gasteiger partial charge in [0.15, 0.2) is 11.5 Å². The molecule has 0 amide bonds. The fraction of sp³-hybridized carbons (Fsp3) is 0.400. The molecular formula is C20H25N5O3. The van der Waals surface area contributed by atoms with E-state index in [9.17, 15) is 5.26 Å². The van der Waals surface area contributed by atoms with Crippen molar-refractivity contribution in [3.63, 3.8) is 0 Å². The van der Waals surface area contributed by atoms with Gasteiger partial charge in [-0.1, -0.05) is 6.07 Å². The van der Waals surface area contributed by atoms with Crippen molar-refractivity contribution >= 4 is 0 Å². The second-order valence-electron chi connectivity index (χ2n) is 7.09. The number of nitrogens with one attached hydrogen (secondary N) is 1. The summed E-state index contributed by atoms with van der Waals surface area (Å²) in [5, 5.41) is 16.7. The minimum Gasteiger partial charge on any atom is -0.493 e. The molecule has 8 nitrogen and oxygen atoms in total. The Morgan fingerprint density at radius 2 is 2.14 bits per heavy atom. The highest BCUT2D eigenvalue weighted by atomic mass is 16.5. The number of aromatic amines is 1. The quantitative estimate of drug-likeness (QED) is 0.787. The van der Waals surface area contributed by atoms with Crippen molar-refractivity contribution in [2.24, 2.45) is 5.73 Å². The molecule has 28 heavy (non-hydrogen) atoms. The van der Waals surface area contributed by atoms with Gasteiger partial charge in [-0.3, -0.25) is 5.10 Å². The van der Waals surface area contributed by atoms with Gasteiger partial charge < -0.3 is 24.8 Å². The Morgan fingerprint density at radius 3 is 2.79 bits per heavy atom. The van der Waals surface area contributed by atoms with E-state index in [1.165, 1.54) is 0 Å². The molecule has 1 aliphatic heterocycles. The van der Waals surface area contributed by atoms with Gasteiger partial charge in [-0.05, 0) is 45.6 Å². The average Bonchev–Trinajstić information content (AvgIpc) is 3.00. The van der Waals surface area contributed by atoms with Crippen LogP contribution in [0, 0.1) is 18.3 Å². The molecule has 3 N–H and O–H groups in total. The molecule has 0 saturated heterocycles. The number of nitriles is 1. The van der Waals surface area contributed by atoms with E-state index >= 15 is 0 Å². The largest absolute Gasteiger partial charge is 0.493 e. The van der Waals surface area contributed by atoms with Crippen LogP contribution in [0.25, 0.3) is 0 Å². The molecule has 0 unspecified atom stereocenters. The zero-order chi connectivity index (χ0) is 20.4. The first-order valence-electron chi connectivity index (χ1n) is 8.97. The Kier molecular flexibility index (Phi) is 5.47. The number of nitrogens with zero attached hydrogens (tertiary/aromatic N) is 3. The Labute approximate surface area is 164 Å². The lowest BCUT2D eigenvalue weighted by Gasteiger charge is -2.25. The van der Waals surface area contributed by atoms with Crippen molar-refractivity contribution in [1.29, 1.82) is 5.26 Å². The standard InChI is InChI=1S/C20H25N5O3/c1-11(10-25(3)4)27-15-7-6-13(8-16(15)26-5)18-14(9-21)19(22)28-20-17(18)12(2)23-24-20/h6-8,11,18H,10,22H2,1-5H3,(H,23,24)/t11-,18-/m1/s1. The summed E-state index contributed by atoms with van der Waals surface area (Å²) >= 11 is 0. The maximum absolute atomic E-state index is 9.67. The number of H-pyrrole nitrogens is 1. The van der Waals surface area contributed by atoms with Crippen LogP contribution in [0.1, 0.15) is 29.7 Å². The van der Waals surface area contributed by atoms with Crippen molar-refractivity contribution < 1.29 is 14.2 Å². The molecule has 1 aliphatic rings. The molecule has 8 heteroatoms. The molecular weight excluding hydrogens is 358 g/mol. The summed E-state index contributed by atoms with van der Waals surface area (Å²) in [6, 6.07) is 7.82. The zero-order valence-electron chi connectivity index (χ0n) is 16.7. The number of hydrogen-bond acceptors (Lipinski definition) is 7. The van der Waals surface area contributed by atoms with Crippen LogP contribution in [0.4, 0.5) is 0 Å². The monoisotopic (exact) mass is 383 g/mol. The SMILES string of the molecule is COc1cc([C@@H]2C(C#N)=C(N)Oc3n[nH]c(C)c32)ccc1O[C@H](C)CN(C)C. The molecule has 2 heterocycles. The molecule has 2 aromatic rings. The number of aromatic nitrogens is 2. The van der Waals surface area contributed by atoms with E-state index in [4.69, 9.17) is 19.9 Å². The molecule has 0 bridgehead atoms. The summed E-state index contributed by atoms with van der Waals surface area (Å²) in [6.07, 6.45) is -0.00855. The van der Waals surface area contributed by atoms with E-state index < -0.39 is 5.92 Å². The first-order chi connectivity index (χ1) is 13.3. The Morgan fingerprint density at radius 1 is 1.39 bits per heavy atom. The fourth-order valence-electron chi connectivity index (χ4n) is 3.46. The van der Waals surface area contributed by atoms with E-state index in [-0.39, 0.29) is 12.0 Å². The predicted molar refractivity (Wildman–Crippen MR) is 104 cm³/mol. The lowest BCUT2D eigenvalue weighted by atomic mass is 9.84. The lowest BCUT2D eigenvalue weighted by Crippen LogP contribution is -2.28. The van der Waals surface area contributed by atoms with Crippen molar-refractivity contribution in [3.8, 4) is 23.4 Å². The van der Waals surface area contributed by atoms with Gasteiger partial charge in [0.2, 0.25) is 11.8 Å². The lowest BCUT2D eigenvalue weighted by molar-refractivity contribution is 0.171. The van der Waals surface area contributed by atoms with Crippen molar-refractivity contribution in [2.45, 2.75) is 25.9 Å². The first kappa shape index (κ1) is 19.6. The van der Waals surface area contributed by atoms with Crippen LogP contribution >= 0.6 is 0 Å². The molecule has 1 aromatic heterocycles. The van der Waals surface area contributed by atoms with E-state index in [0.29, 0.717) is 23.0 Å². The Balaban J connectivity index is 2.02. The molecule has 0 fully saturated rings. The van der Waals surface area contributed by atoms with Crippen LogP contribution in [0.3, 0.4) is 0 Å². The maximum atomic E-state index is 9.67. The van der Waals surface area contributed by atoms with Crippen LogP contribution in [0.2, 0.25) is 0 Å². The summed E-state index contributed by atoms with van der Waals surface area (Å²) < 4.78 is 17.1. The van der Waals surface area contributed by atoms with Crippen LogP contribution in [0.5, 0.6) is 17.4 Å². The first-order valence-corrected chi connectivity index (χ1v) is 8.97.